The van der Waals surface area contributed by atoms with Crippen molar-refractivity contribution in [2.24, 2.45) is 0 Å². The molecule has 11 aromatic rings. The summed E-state index contributed by atoms with van der Waals surface area (Å²) in [6, 6.07) is 83.0. The first-order valence-corrected chi connectivity index (χ1v) is 23.8. The molecule has 0 saturated heterocycles. The van der Waals surface area contributed by atoms with Gasteiger partial charge in [0, 0.05) is 63.7 Å². The second kappa shape index (κ2) is 15.4. The molecule has 65 heavy (non-hydrogen) atoms. The van der Waals surface area contributed by atoms with Crippen molar-refractivity contribution in [3.05, 3.63) is 242 Å². The van der Waals surface area contributed by atoms with E-state index in [1.807, 2.05) is 18.2 Å². The average molecular weight is 853 g/mol. The number of benzene rings is 9. The van der Waals surface area contributed by atoms with Crippen LogP contribution in [-0.2, 0) is 5.41 Å². The largest absolute Gasteiger partial charge is 0.309 e. The molecule has 0 spiro atoms. The Kier molecular flexibility index (Phi) is 9.21. The van der Waals surface area contributed by atoms with E-state index < -0.39 is 10.0 Å². The monoisotopic (exact) mass is 852 g/mol. The summed E-state index contributed by atoms with van der Waals surface area (Å²) in [5.41, 5.74) is 11.4. The molecule has 0 radical (unpaired) electrons. The van der Waals surface area contributed by atoms with Crippen molar-refractivity contribution in [1.29, 1.82) is 0 Å². The Morgan fingerprint density at radius 2 is 0.877 bits per heavy atom. The van der Waals surface area contributed by atoms with Crippen LogP contribution < -0.4 is 0 Å². The summed E-state index contributed by atoms with van der Waals surface area (Å²) in [6.07, 6.45) is 0. The van der Waals surface area contributed by atoms with Crippen LogP contribution in [0.4, 0.5) is 0 Å². The fourth-order valence-corrected chi connectivity index (χ4v) is 14.1. The SMILES string of the molecule is CC1(C)c2ccccc2-c2c1ccc1c3ccccc3n(-c3cccc(-c4nc(-c5ccccc5)nc(-c5cccc(S(c6ccccc6)(c6ccccc6)c6ccccc6)c5)n4)c3)c21. The van der Waals surface area contributed by atoms with E-state index in [0.717, 1.165) is 27.9 Å². The molecule has 310 valence electrons. The third-order valence-electron chi connectivity index (χ3n) is 13.1. The van der Waals surface area contributed by atoms with E-state index >= 15 is 0 Å². The Morgan fingerprint density at radius 1 is 0.385 bits per heavy atom. The lowest BCUT2D eigenvalue weighted by atomic mass is 9.82. The van der Waals surface area contributed by atoms with Crippen LogP contribution in [0.3, 0.4) is 0 Å². The topological polar surface area (TPSA) is 43.6 Å². The number of hydrogen-bond acceptors (Lipinski definition) is 3. The summed E-state index contributed by atoms with van der Waals surface area (Å²) >= 11 is 0. The summed E-state index contributed by atoms with van der Waals surface area (Å²) < 4.78 is 2.45. The van der Waals surface area contributed by atoms with Crippen molar-refractivity contribution < 1.29 is 0 Å². The van der Waals surface area contributed by atoms with Crippen LogP contribution in [0.5, 0.6) is 0 Å². The Balaban J connectivity index is 1.07. The highest BCUT2D eigenvalue weighted by Gasteiger charge is 2.38. The number of para-hydroxylation sites is 1. The highest BCUT2D eigenvalue weighted by molar-refractivity contribution is 8.34. The Hall–Kier alpha value is -7.86. The van der Waals surface area contributed by atoms with Gasteiger partial charge in [-0.15, -0.1) is 10.0 Å². The fourth-order valence-electron chi connectivity index (χ4n) is 10.2. The quantitative estimate of drug-likeness (QED) is 0.153. The van der Waals surface area contributed by atoms with Crippen molar-refractivity contribution in [2.75, 3.05) is 0 Å². The number of hydrogen-bond donors (Lipinski definition) is 0. The minimum Gasteiger partial charge on any atom is -0.309 e. The van der Waals surface area contributed by atoms with Crippen molar-refractivity contribution >= 4 is 31.8 Å². The number of fused-ring (bicyclic) bond motifs is 7. The number of aromatic nitrogens is 4. The predicted octanol–water partition coefficient (Wildman–Crippen LogP) is 15.6. The minimum absolute atomic E-state index is 0.125. The van der Waals surface area contributed by atoms with Gasteiger partial charge in [0.05, 0.1) is 11.0 Å². The van der Waals surface area contributed by atoms with Gasteiger partial charge < -0.3 is 4.57 Å². The zero-order valence-electron chi connectivity index (χ0n) is 36.1. The summed E-state index contributed by atoms with van der Waals surface area (Å²) in [5, 5.41) is 2.47. The Bertz CT molecular complexity index is 3470. The predicted molar refractivity (Wildman–Crippen MR) is 268 cm³/mol. The molecule has 12 rings (SSSR count). The van der Waals surface area contributed by atoms with Gasteiger partial charge in [0.25, 0.3) is 0 Å². The van der Waals surface area contributed by atoms with Gasteiger partial charge in [0.2, 0.25) is 0 Å². The molecule has 0 atom stereocenters. The second-order valence-corrected chi connectivity index (χ2v) is 20.3. The van der Waals surface area contributed by atoms with Crippen LogP contribution in [0.2, 0.25) is 0 Å². The normalized spacial score (nSPS) is 13.1. The third kappa shape index (κ3) is 6.18. The van der Waals surface area contributed by atoms with Gasteiger partial charge >= 0.3 is 0 Å². The van der Waals surface area contributed by atoms with E-state index in [1.165, 1.54) is 58.1 Å². The summed E-state index contributed by atoms with van der Waals surface area (Å²) in [6.45, 7) is 4.70. The Labute approximate surface area is 380 Å². The first-order valence-electron chi connectivity index (χ1n) is 22.2. The molecule has 1 aliphatic carbocycles. The molecule has 9 aromatic carbocycles. The molecular formula is C60H44N4S. The summed E-state index contributed by atoms with van der Waals surface area (Å²) in [5.74, 6) is 1.87. The first-order chi connectivity index (χ1) is 32.0. The smallest absolute Gasteiger partial charge is 0.164 e. The van der Waals surface area contributed by atoms with Gasteiger partial charge in [-0.05, 0) is 83.4 Å². The van der Waals surface area contributed by atoms with E-state index in [4.69, 9.17) is 15.0 Å². The van der Waals surface area contributed by atoms with Gasteiger partial charge in [-0.2, -0.15) is 0 Å². The molecule has 0 N–H and O–H groups in total. The van der Waals surface area contributed by atoms with Crippen molar-refractivity contribution in [2.45, 2.75) is 38.8 Å². The van der Waals surface area contributed by atoms with Gasteiger partial charge in [-0.3, -0.25) is 0 Å². The van der Waals surface area contributed by atoms with Crippen LogP contribution >= 0.6 is 10.0 Å². The third-order valence-corrected chi connectivity index (χ3v) is 17.0. The van der Waals surface area contributed by atoms with Gasteiger partial charge in [-0.25, -0.2) is 15.0 Å². The molecule has 0 aliphatic heterocycles. The summed E-state index contributed by atoms with van der Waals surface area (Å²) in [7, 11) is -1.94. The fraction of sp³-hybridized carbons (Fsp3) is 0.0500. The first kappa shape index (κ1) is 38.8. The zero-order chi connectivity index (χ0) is 43.5. The molecule has 0 fully saturated rings. The molecular weight excluding hydrogens is 809 g/mol. The lowest BCUT2D eigenvalue weighted by molar-refractivity contribution is 0.661. The Morgan fingerprint density at radius 3 is 1.52 bits per heavy atom. The van der Waals surface area contributed by atoms with Crippen molar-refractivity contribution in [3.8, 4) is 51.0 Å². The number of rotatable bonds is 8. The molecule has 4 nitrogen and oxygen atoms in total. The highest BCUT2D eigenvalue weighted by atomic mass is 32.3. The maximum absolute atomic E-state index is 5.37. The van der Waals surface area contributed by atoms with E-state index in [-0.39, 0.29) is 5.41 Å². The second-order valence-electron chi connectivity index (χ2n) is 17.2. The molecule has 2 heterocycles. The molecule has 5 heteroatoms. The van der Waals surface area contributed by atoms with Crippen LogP contribution in [0, 0.1) is 0 Å². The van der Waals surface area contributed by atoms with Crippen molar-refractivity contribution in [3.63, 3.8) is 0 Å². The average Bonchev–Trinajstić information content (AvgIpc) is 3.84. The number of nitrogens with zero attached hydrogens (tertiary/aromatic N) is 4. The van der Waals surface area contributed by atoms with Crippen LogP contribution in [0.25, 0.3) is 72.8 Å². The molecule has 0 unspecified atom stereocenters. The van der Waals surface area contributed by atoms with E-state index in [1.54, 1.807) is 0 Å². The van der Waals surface area contributed by atoms with Crippen LogP contribution in [-0.4, -0.2) is 19.5 Å². The lowest BCUT2D eigenvalue weighted by Gasteiger charge is -2.42. The lowest BCUT2D eigenvalue weighted by Crippen LogP contribution is -2.14. The standard InChI is InChI=1S/C60H44N4S/c1-60(2)52-35-17-15-34-51(52)55-53(60)38-37-50-49-33-16-18-36-54(49)64(56(50)55)44-25-19-23-42(39-44)58-61-57(41-21-7-3-8-22-41)62-59(63-58)43-24-20-32-48(40-43)65(45-26-9-4-10-27-45,46-28-11-5-12-29-46)47-30-13-6-14-31-47/h3-40H,1-2H3. The minimum atomic E-state index is -1.94. The van der Waals surface area contributed by atoms with Crippen LogP contribution in [0.15, 0.2) is 250 Å². The van der Waals surface area contributed by atoms with Crippen LogP contribution in [0.1, 0.15) is 25.0 Å². The van der Waals surface area contributed by atoms with Gasteiger partial charge in [-0.1, -0.05) is 178 Å². The molecule has 0 saturated carbocycles. The molecule has 2 aromatic heterocycles. The van der Waals surface area contributed by atoms with Gasteiger partial charge in [0.15, 0.2) is 17.5 Å². The van der Waals surface area contributed by atoms with E-state index in [2.05, 4.69) is 231 Å². The van der Waals surface area contributed by atoms with E-state index in [9.17, 15) is 0 Å². The molecule has 0 bridgehead atoms. The molecule has 0 amide bonds. The van der Waals surface area contributed by atoms with Gasteiger partial charge in [0.1, 0.15) is 0 Å². The maximum Gasteiger partial charge on any atom is 0.164 e. The zero-order valence-corrected chi connectivity index (χ0v) is 37.0. The van der Waals surface area contributed by atoms with Crippen molar-refractivity contribution in [1.82, 2.24) is 19.5 Å². The molecule has 1 aliphatic rings. The summed E-state index contributed by atoms with van der Waals surface area (Å²) in [4.78, 5) is 20.8. The van der Waals surface area contributed by atoms with E-state index in [0.29, 0.717) is 17.5 Å². The maximum atomic E-state index is 5.37. The highest BCUT2D eigenvalue weighted by Crippen LogP contribution is 2.73.